The van der Waals surface area contributed by atoms with E-state index in [0.29, 0.717) is 0 Å². The van der Waals surface area contributed by atoms with E-state index >= 15 is 0 Å². The summed E-state index contributed by atoms with van der Waals surface area (Å²) < 4.78 is 0. The highest BCUT2D eigenvalue weighted by molar-refractivity contribution is 6.32. The highest BCUT2D eigenvalue weighted by atomic mass is 35.5. The highest BCUT2D eigenvalue weighted by Gasteiger charge is 2.15. The van der Waals surface area contributed by atoms with Crippen LogP contribution in [-0.2, 0) is 4.79 Å². The molecule has 0 saturated carbocycles. The van der Waals surface area contributed by atoms with Crippen molar-refractivity contribution in [3.05, 3.63) is 45.1 Å². The number of unbranched alkanes of at least 4 members (excludes halogenated alkanes) is 1. The van der Waals surface area contributed by atoms with Crippen LogP contribution in [0.15, 0.2) is 30.0 Å². The van der Waals surface area contributed by atoms with E-state index in [1.165, 1.54) is 18.3 Å². The molecule has 8 heteroatoms. The van der Waals surface area contributed by atoms with Gasteiger partial charge in [0.1, 0.15) is 16.7 Å². The normalized spacial score (nSPS) is 10.8. The average molecular weight is 337 g/mol. The molecule has 0 spiro atoms. The molecule has 122 valence electrons. The number of hydrogen-bond donors (Lipinski definition) is 1. The molecule has 1 amide bonds. The van der Waals surface area contributed by atoms with Crippen LogP contribution in [0.25, 0.3) is 0 Å². The van der Waals surface area contributed by atoms with Crippen molar-refractivity contribution in [1.82, 2.24) is 4.90 Å². The maximum absolute atomic E-state index is 12.1. The molecule has 1 N–H and O–H groups in total. The maximum atomic E-state index is 12.1. The Kier molecular flexibility index (Phi) is 7.03. The molecule has 0 unspecified atom stereocenters. The number of nitro groups is 1. The predicted molar refractivity (Wildman–Crippen MR) is 88.0 cm³/mol. The van der Waals surface area contributed by atoms with E-state index in [-0.39, 0.29) is 22.0 Å². The molecular formula is C15H17ClN4O3. The van der Waals surface area contributed by atoms with Gasteiger partial charge in [-0.25, -0.2) is 0 Å². The fourth-order valence-electron chi connectivity index (χ4n) is 1.76. The van der Waals surface area contributed by atoms with E-state index in [4.69, 9.17) is 16.9 Å². The Morgan fingerprint density at radius 2 is 2.26 bits per heavy atom. The summed E-state index contributed by atoms with van der Waals surface area (Å²) in [4.78, 5) is 24.0. The average Bonchev–Trinajstić information content (AvgIpc) is 2.51. The molecular weight excluding hydrogens is 320 g/mol. The van der Waals surface area contributed by atoms with Crippen molar-refractivity contribution in [2.45, 2.75) is 19.8 Å². The lowest BCUT2D eigenvalue weighted by molar-refractivity contribution is -0.384. The number of nitrogens with one attached hydrogen (secondary N) is 1. The van der Waals surface area contributed by atoms with Gasteiger partial charge in [-0.3, -0.25) is 14.9 Å². The number of carbonyl (C=O) groups excluding carboxylic acids is 1. The first-order valence-corrected chi connectivity index (χ1v) is 7.34. The first kappa shape index (κ1) is 18.5. The van der Waals surface area contributed by atoms with Gasteiger partial charge in [-0.2, -0.15) is 5.26 Å². The van der Waals surface area contributed by atoms with Gasteiger partial charge in [-0.05, 0) is 18.6 Å². The van der Waals surface area contributed by atoms with Gasteiger partial charge in [-0.1, -0.05) is 24.9 Å². The number of benzene rings is 1. The number of rotatable bonds is 7. The van der Waals surface area contributed by atoms with Crippen molar-refractivity contribution in [3.63, 3.8) is 0 Å². The quantitative estimate of drug-likeness (QED) is 0.356. The summed E-state index contributed by atoms with van der Waals surface area (Å²) in [6.45, 7) is 2.77. The minimum atomic E-state index is -0.641. The second-order valence-electron chi connectivity index (χ2n) is 4.87. The topological polar surface area (TPSA) is 99.3 Å². The Hall–Kier alpha value is -2.59. The summed E-state index contributed by atoms with van der Waals surface area (Å²) in [5.74, 6) is -0.632. The van der Waals surface area contributed by atoms with E-state index in [9.17, 15) is 14.9 Å². The van der Waals surface area contributed by atoms with Crippen molar-refractivity contribution >= 4 is 28.9 Å². The van der Waals surface area contributed by atoms with Crippen molar-refractivity contribution in [3.8, 4) is 6.07 Å². The molecule has 0 atom stereocenters. The number of halogens is 1. The lowest BCUT2D eigenvalue weighted by atomic mass is 10.2. The van der Waals surface area contributed by atoms with Crippen molar-refractivity contribution in [2.75, 3.05) is 18.9 Å². The smallest absolute Gasteiger partial charge is 0.289 e. The zero-order valence-corrected chi connectivity index (χ0v) is 13.6. The summed E-state index contributed by atoms with van der Waals surface area (Å²) in [7, 11) is 1.77. The Morgan fingerprint density at radius 3 is 2.83 bits per heavy atom. The number of amides is 1. The van der Waals surface area contributed by atoms with Gasteiger partial charge in [0.05, 0.1) is 4.92 Å². The van der Waals surface area contributed by atoms with Crippen LogP contribution in [0.2, 0.25) is 5.02 Å². The Morgan fingerprint density at radius 1 is 1.57 bits per heavy atom. The summed E-state index contributed by atoms with van der Waals surface area (Å²) >= 11 is 5.71. The molecule has 0 aromatic heterocycles. The van der Waals surface area contributed by atoms with E-state index in [1.807, 2.05) is 13.0 Å². The van der Waals surface area contributed by atoms with Crippen LogP contribution in [0.4, 0.5) is 11.4 Å². The number of anilines is 1. The minimum Gasteiger partial charge on any atom is -0.379 e. The van der Waals surface area contributed by atoms with Gasteiger partial charge < -0.3 is 10.2 Å². The fraction of sp³-hybridized carbons (Fsp3) is 0.333. The van der Waals surface area contributed by atoms with Crippen LogP contribution < -0.4 is 5.32 Å². The number of hydrogen-bond acceptors (Lipinski definition) is 5. The van der Waals surface area contributed by atoms with Gasteiger partial charge in [0.25, 0.3) is 11.6 Å². The molecule has 0 aliphatic heterocycles. The standard InChI is InChI=1S/C15H17ClN4O3/c1-3-4-7-19(2)10-11(9-17)15(21)18-12-5-6-13(16)14(8-12)20(22)23/h5-6,8,10H,3-4,7H2,1-2H3,(H,18,21)/b11-10-. The Bertz CT molecular complexity index is 667. The molecule has 7 nitrogen and oxygen atoms in total. The SMILES string of the molecule is CCCCN(C)/C=C(/C#N)C(=O)Nc1ccc(Cl)c([N+](=O)[O-])c1. The number of nitrogens with zero attached hydrogens (tertiary/aromatic N) is 3. The molecule has 0 radical (unpaired) electrons. The molecule has 23 heavy (non-hydrogen) atoms. The summed E-state index contributed by atoms with van der Waals surface area (Å²) in [6.07, 6.45) is 3.40. The highest BCUT2D eigenvalue weighted by Crippen LogP contribution is 2.27. The van der Waals surface area contributed by atoms with E-state index in [2.05, 4.69) is 5.32 Å². The maximum Gasteiger partial charge on any atom is 0.289 e. The second-order valence-corrected chi connectivity index (χ2v) is 5.27. The van der Waals surface area contributed by atoms with Gasteiger partial charge in [-0.15, -0.1) is 0 Å². The predicted octanol–water partition coefficient (Wildman–Crippen LogP) is 3.33. The summed E-state index contributed by atoms with van der Waals surface area (Å²) in [5, 5.41) is 22.4. The lowest BCUT2D eigenvalue weighted by Crippen LogP contribution is -2.19. The van der Waals surface area contributed by atoms with Gasteiger partial charge in [0.15, 0.2) is 0 Å². The second kappa shape index (κ2) is 8.76. The van der Waals surface area contributed by atoms with Crippen LogP contribution >= 0.6 is 11.6 Å². The molecule has 1 rings (SSSR count). The zero-order chi connectivity index (χ0) is 17.4. The summed E-state index contributed by atoms with van der Waals surface area (Å²) in [5.41, 5.74) is -0.198. The van der Waals surface area contributed by atoms with Crippen LogP contribution in [0.5, 0.6) is 0 Å². The largest absolute Gasteiger partial charge is 0.379 e. The molecule has 0 bridgehead atoms. The van der Waals surface area contributed by atoms with Crippen LogP contribution in [-0.4, -0.2) is 29.3 Å². The van der Waals surface area contributed by atoms with Gasteiger partial charge in [0, 0.05) is 31.5 Å². The van der Waals surface area contributed by atoms with Crippen molar-refractivity contribution in [2.24, 2.45) is 0 Å². The Labute approximate surface area is 139 Å². The molecule has 0 aliphatic rings. The zero-order valence-electron chi connectivity index (χ0n) is 12.9. The molecule has 0 heterocycles. The van der Waals surface area contributed by atoms with Crippen molar-refractivity contribution in [1.29, 1.82) is 5.26 Å². The van der Waals surface area contributed by atoms with Gasteiger partial charge >= 0.3 is 0 Å². The molecule has 1 aromatic rings. The third-order valence-electron chi connectivity index (χ3n) is 2.98. The first-order chi connectivity index (χ1) is 10.9. The molecule has 0 fully saturated rings. The number of nitro benzene ring substituents is 1. The van der Waals surface area contributed by atoms with E-state index < -0.39 is 10.8 Å². The summed E-state index contributed by atoms with van der Waals surface area (Å²) in [6, 6.07) is 5.73. The molecule has 0 aliphatic carbocycles. The monoisotopic (exact) mass is 336 g/mol. The lowest BCUT2D eigenvalue weighted by Gasteiger charge is -2.14. The van der Waals surface area contributed by atoms with Crippen LogP contribution in [0, 0.1) is 21.4 Å². The van der Waals surface area contributed by atoms with Crippen molar-refractivity contribution < 1.29 is 9.72 Å². The van der Waals surface area contributed by atoms with E-state index in [1.54, 1.807) is 11.9 Å². The van der Waals surface area contributed by atoms with Crippen LogP contribution in [0.1, 0.15) is 19.8 Å². The minimum absolute atomic E-state index is 0.0247. The number of nitriles is 1. The first-order valence-electron chi connectivity index (χ1n) is 6.96. The molecule has 0 saturated heterocycles. The third-order valence-corrected chi connectivity index (χ3v) is 3.30. The molecule has 1 aromatic carbocycles. The fourth-order valence-corrected chi connectivity index (χ4v) is 1.95. The number of carbonyl (C=O) groups is 1. The third kappa shape index (κ3) is 5.60. The van der Waals surface area contributed by atoms with Gasteiger partial charge in [0.2, 0.25) is 0 Å². The van der Waals surface area contributed by atoms with E-state index in [0.717, 1.165) is 25.5 Å². The Balaban J connectivity index is 2.89. The van der Waals surface area contributed by atoms with Crippen LogP contribution in [0.3, 0.4) is 0 Å².